The fourth-order valence-electron chi connectivity index (χ4n) is 3.12. The number of amides is 1. The van der Waals surface area contributed by atoms with Gasteiger partial charge in [0.05, 0.1) is 11.1 Å². The van der Waals surface area contributed by atoms with Gasteiger partial charge < -0.3 is 14.4 Å². The summed E-state index contributed by atoms with van der Waals surface area (Å²) in [5, 5.41) is 0. The second kappa shape index (κ2) is 9.88. The van der Waals surface area contributed by atoms with Crippen molar-refractivity contribution in [2.24, 2.45) is 0 Å². The summed E-state index contributed by atoms with van der Waals surface area (Å²) in [7, 11) is 1.64. The van der Waals surface area contributed by atoms with Crippen LogP contribution in [0.4, 0.5) is 0 Å². The Balaban J connectivity index is 1.53. The van der Waals surface area contributed by atoms with E-state index in [-0.39, 0.29) is 5.91 Å². The molecule has 3 rings (SSSR count). The van der Waals surface area contributed by atoms with Gasteiger partial charge in [-0.15, -0.1) is 0 Å². The summed E-state index contributed by atoms with van der Waals surface area (Å²) < 4.78 is 11.4. The number of hydrogen-bond acceptors (Lipinski definition) is 4. The van der Waals surface area contributed by atoms with Gasteiger partial charge in [-0.3, -0.25) is 9.69 Å². The zero-order chi connectivity index (χ0) is 19.1. The van der Waals surface area contributed by atoms with Gasteiger partial charge in [-0.05, 0) is 39.7 Å². The number of halogens is 1. The molecule has 27 heavy (non-hydrogen) atoms. The van der Waals surface area contributed by atoms with Crippen LogP contribution in [0.5, 0.6) is 5.75 Å². The van der Waals surface area contributed by atoms with E-state index in [0.29, 0.717) is 18.8 Å². The van der Waals surface area contributed by atoms with Crippen molar-refractivity contribution < 1.29 is 14.3 Å². The van der Waals surface area contributed by atoms with E-state index in [1.807, 2.05) is 29.2 Å². The van der Waals surface area contributed by atoms with Crippen LogP contribution in [-0.2, 0) is 11.3 Å². The molecular formula is C21H25BrN2O3. The summed E-state index contributed by atoms with van der Waals surface area (Å²) in [6, 6.07) is 15.9. The Bertz CT molecular complexity index is 746. The van der Waals surface area contributed by atoms with Crippen molar-refractivity contribution in [1.82, 2.24) is 9.80 Å². The molecule has 0 saturated carbocycles. The zero-order valence-electron chi connectivity index (χ0n) is 15.6. The normalized spacial score (nSPS) is 15.0. The standard InChI is InChI=1S/C21H25BrN2O3/c1-26-13-14-27-20-8-7-18(15-19(20)22)21(25)24-11-9-23(10-12-24)16-17-5-3-2-4-6-17/h2-8,15H,9-14,16H2,1H3. The van der Waals surface area contributed by atoms with Crippen LogP contribution in [0.3, 0.4) is 0 Å². The molecule has 0 unspecified atom stereocenters. The first kappa shape index (κ1) is 19.9. The molecule has 1 aliphatic heterocycles. The molecule has 1 heterocycles. The molecular weight excluding hydrogens is 408 g/mol. The molecule has 2 aromatic rings. The molecule has 0 aliphatic carbocycles. The second-order valence-corrected chi connectivity index (χ2v) is 7.39. The Hall–Kier alpha value is -1.89. The van der Waals surface area contributed by atoms with Crippen LogP contribution in [0.2, 0.25) is 0 Å². The highest BCUT2D eigenvalue weighted by molar-refractivity contribution is 9.10. The third-order valence-corrected chi connectivity index (χ3v) is 5.25. The molecule has 1 fully saturated rings. The highest BCUT2D eigenvalue weighted by Gasteiger charge is 2.22. The fourth-order valence-corrected chi connectivity index (χ4v) is 3.61. The summed E-state index contributed by atoms with van der Waals surface area (Å²) in [6.07, 6.45) is 0. The summed E-state index contributed by atoms with van der Waals surface area (Å²) in [5.74, 6) is 0.787. The zero-order valence-corrected chi connectivity index (χ0v) is 17.2. The smallest absolute Gasteiger partial charge is 0.253 e. The van der Waals surface area contributed by atoms with E-state index in [9.17, 15) is 4.79 Å². The highest BCUT2D eigenvalue weighted by atomic mass is 79.9. The maximum atomic E-state index is 12.8. The van der Waals surface area contributed by atoms with Gasteiger partial charge in [0, 0.05) is 45.4 Å². The van der Waals surface area contributed by atoms with Crippen LogP contribution >= 0.6 is 15.9 Å². The Kier molecular flexibility index (Phi) is 7.26. The van der Waals surface area contributed by atoms with E-state index in [1.54, 1.807) is 7.11 Å². The van der Waals surface area contributed by atoms with Crippen LogP contribution in [0.1, 0.15) is 15.9 Å². The van der Waals surface area contributed by atoms with Gasteiger partial charge in [-0.1, -0.05) is 30.3 Å². The lowest BCUT2D eigenvalue weighted by Gasteiger charge is -2.34. The first-order valence-corrected chi connectivity index (χ1v) is 9.93. The molecule has 0 radical (unpaired) electrons. The second-order valence-electron chi connectivity index (χ2n) is 6.54. The van der Waals surface area contributed by atoms with Crippen LogP contribution in [0.25, 0.3) is 0 Å². The molecule has 0 bridgehead atoms. The quantitative estimate of drug-likeness (QED) is 0.628. The van der Waals surface area contributed by atoms with Gasteiger partial charge in [0.1, 0.15) is 12.4 Å². The van der Waals surface area contributed by atoms with Crippen molar-refractivity contribution in [2.75, 3.05) is 46.5 Å². The van der Waals surface area contributed by atoms with Crippen molar-refractivity contribution in [3.05, 3.63) is 64.1 Å². The summed E-state index contributed by atoms with van der Waals surface area (Å²) in [5.41, 5.74) is 1.99. The van der Waals surface area contributed by atoms with E-state index in [2.05, 4.69) is 45.1 Å². The molecule has 5 nitrogen and oxygen atoms in total. The van der Waals surface area contributed by atoms with Crippen LogP contribution in [0.15, 0.2) is 53.0 Å². The van der Waals surface area contributed by atoms with Gasteiger partial charge in [-0.25, -0.2) is 0 Å². The number of rotatable bonds is 7. The number of piperazine rings is 1. The molecule has 0 spiro atoms. The van der Waals surface area contributed by atoms with Gasteiger partial charge >= 0.3 is 0 Å². The van der Waals surface area contributed by atoms with Crippen LogP contribution in [-0.4, -0.2) is 62.2 Å². The molecule has 1 amide bonds. The maximum Gasteiger partial charge on any atom is 0.253 e. The molecule has 0 aromatic heterocycles. The van der Waals surface area contributed by atoms with Crippen molar-refractivity contribution in [1.29, 1.82) is 0 Å². The van der Waals surface area contributed by atoms with Crippen molar-refractivity contribution >= 4 is 21.8 Å². The summed E-state index contributed by atoms with van der Waals surface area (Å²) in [4.78, 5) is 17.1. The minimum absolute atomic E-state index is 0.0681. The lowest BCUT2D eigenvalue weighted by Crippen LogP contribution is -2.48. The van der Waals surface area contributed by atoms with Gasteiger partial charge in [0.25, 0.3) is 5.91 Å². The number of carbonyl (C=O) groups is 1. The number of hydrogen-bond donors (Lipinski definition) is 0. The third kappa shape index (κ3) is 5.54. The fraction of sp³-hybridized carbons (Fsp3) is 0.381. The van der Waals surface area contributed by atoms with Gasteiger partial charge in [0.2, 0.25) is 0 Å². The van der Waals surface area contributed by atoms with E-state index < -0.39 is 0 Å². The first-order valence-electron chi connectivity index (χ1n) is 9.14. The molecule has 144 valence electrons. The number of methoxy groups -OCH3 is 1. The summed E-state index contributed by atoms with van der Waals surface area (Å²) >= 11 is 3.49. The van der Waals surface area contributed by atoms with Gasteiger partial charge in [0.15, 0.2) is 0 Å². The first-order chi connectivity index (χ1) is 13.2. The average molecular weight is 433 g/mol. The third-order valence-electron chi connectivity index (χ3n) is 4.63. The van der Waals surface area contributed by atoms with Crippen molar-refractivity contribution in [3.8, 4) is 5.75 Å². The lowest BCUT2D eigenvalue weighted by atomic mass is 10.1. The Labute approximate surface area is 169 Å². The van der Waals surface area contributed by atoms with Gasteiger partial charge in [-0.2, -0.15) is 0 Å². The molecule has 0 N–H and O–H groups in total. The molecule has 2 aromatic carbocycles. The number of nitrogens with zero attached hydrogens (tertiary/aromatic N) is 2. The Morgan fingerprint density at radius 3 is 2.44 bits per heavy atom. The van der Waals surface area contributed by atoms with Crippen molar-refractivity contribution in [2.45, 2.75) is 6.54 Å². The minimum atomic E-state index is 0.0681. The van der Waals surface area contributed by atoms with E-state index in [1.165, 1.54) is 5.56 Å². The Morgan fingerprint density at radius 1 is 1.04 bits per heavy atom. The number of carbonyl (C=O) groups excluding carboxylic acids is 1. The number of benzene rings is 2. The lowest BCUT2D eigenvalue weighted by molar-refractivity contribution is 0.0628. The molecule has 6 heteroatoms. The molecule has 1 saturated heterocycles. The predicted octanol–water partition coefficient (Wildman–Crippen LogP) is 3.43. The SMILES string of the molecule is COCCOc1ccc(C(=O)N2CCN(Cc3ccccc3)CC2)cc1Br. The monoisotopic (exact) mass is 432 g/mol. The maximum absolute atomic E-state index is 12.8. The van der Waals surface area contributed by atoms with E-state index >= 15 is 0 Å². The number of ether oxygens (including phenoxy) is 2. The van der Waals surface area contributed by atoms with Crippen LogP contribution in [0, 0.1) is 0 Å². The average Bonchev–Trinajstić information content (AvgIpc) is 2.70. The van der Waals surface area contributed by atoms with E-state index in [0.717, 1.165) is 42.9 Å². The largest absolute Gasteiger partial charge is 0.490 e. The Morgan fingerprint density at radius 2 is 1.78 bits per heavy atom. The topological polar surface area (TPSA) is 42.0 Å². The minimum Gasteiger partial charge on any atom is -0.490 e. The van der Waals surface area contributed by atoms with Crippen molar-refractivity contribution in [3.63, 3.8) is 0 Å². The van der Waals surface area contributed by atoms with Crippen LogP contribution < -0.4 is 4.74 Å². The predicted molar refractivity (Wildman–Crippen MR) is 109 cm³/mol. The summed E-state index contributed by atoms with van der Waals surface area (Å²) in [6.45, 7) is 5.21. The molecule has 0 atom stereocenters. The molecule has 1 aliphatic rings. The highest BCUT2D eigenvalue weighted by Crippen LogP contribution is 2.26. The van der Waals surface area contributed by atoms with E-state index in [4.69, 9.17) is 9.47 Å².